The van der Waals surface area contributed by atoms with Gasteiger partial charge in [-0.05, 0) is 44.7 Å². The number of hydrogen-bond donors (Lipinski definition) is 0. The molecule has 5 nitrogen and oxygen atoms in total. The van der Waals surface area contributed by atoms with Gasteiger partial charge in [0.05, 0.1) is 11.7 Å². The predicted molar refractivity (Wildman–Crippen MR) is 98.8 cm³/mol. The van der Waals surface area contributed by atoms with Crippen LogP contribution in [0.15, 0.2) is 18.2 Å². The Morgan fingerprint density at radius 3 is 2.80 bits per heavy atom. The van der Waals surface area contributed by atoms with E-state index in [4.69, 9.17) is 11.6 Å². The van der Waals surface area contributed by atoms with Crippen LogP contribution in [0.2, 0.25) is 5.15 Å². The van der Waals surface area contributed by atoms with Gasteiger partial charge in [0, 0.05) is 24.3 Å². The average Bonchev–Trinajstić information content (AvgIpc) is 3.11. The summed E-state index contributed by atoms with van der Waals surface area (Å²) in [6.45, 7) is 9.66. The van der Waals surface area contributed by atoms with Crippen LogP contribution in [0.3, 0.4) is 0 Å². The quantitative estimate of drug-likeness (QED) is 0.821. The van der Waals surface area contributed by atoms with Gasteiger partial charge in [-0.3, -0.25) is 9.48 Å². The first-order chi connectivity index (χ1) is 11.9. The minimum Gasteiger partial charge on any atom is -0.330 e. The van der Waals surface area contributed by atoms with Crippen molar-refractivity contribution in [3.8, 4) is 0 Å². The maximum Gasteiger partial charge on any atom is 0.272 e. The highest BCUT2D eigenvalue weighted by molar-refractivity contribution is 6.30. The van der Waals surface area contributed by atoms with Gasteiger partial charge in [-0.25, -0.2) is 4.98 Å². The second-order valence-corrected chi connectivity index (χ2v) is 7.54. The van der Waals surface area contributed by atoms with Crippen molar-refractivity contribution in [2.24, 2.45) is 5.92 Å². The van der Waals surface area contributed by atoms with Crippen LogP contribution in [0.5, 0.6) is 0 Å². The van der Waals surface area contributed by atoms with E-state index in [0.717, 1.165) is 42.9 Å². The van der Waals surface area contributed by atoms with Crippen LogP contribution in [0, 0.1) is 19.8 Å². The number of carbonyl (C=O) groups is 1. The van der Waals surface area contributed by atoms with Crippen molar-refractivity contribution in [2.75, 3.05) is 6.54 Å². The summed E-state index contributed by atoms with van der Waals surface area (Å²) < 4.78 is 1.86. The molecule has 0 bridgehead atoms. The Labute approximate surface area is 154 Å². The summed E-state index contributed by atoms with van der Waals surface area (Å²) in [6, 6.07) is 5.53. The first-order valence-electron chi connectivity index (χ1n) is 8.86. The van der Waals surface area contributed by atoms with E-state index >= 15 is 0 Å². The first kappa shape index (κ1) is 17.9. The molecule has 0 radical (unpaired) electrons. The Morgan fingerprint density at radius 1 is 1.36 bits per heavy atom. The SMILES string of the molecule is Cc1cccc(C(=O)N2CCC[C@@H]2c2c(C)nn(CC(C)C)c2Cl)n1. The third-order valence-electron chi connectivity index (χ3n) is 4.60. The van der Waals surface area contributed by atoms with Gasteiger partial charge in [0.2, 0.25) is 0 Å². The maximum atomic E-state index is 13.0. The number of carbonyl (C=O) groups excluding carboxylic acids is 1. The van der Waals surface area contributed by atoms with Crippen molar-refractivity contribution >= 4 is 17.5 Å². The van der Waals surface area contributed by atoms with Crippen LogP contribution in [-0.4, -0.2) is 32.1 Å². The molecule has 0 saturated carbocycles. The molecule has 0 spiro atoms. The molecule has 0 unspecified atom stereocenters. The lowest BCUT2D eigenvalue weighted by Gasteiger charge is -2.25. The number of likely N-dealkylation sites (tertiary alicyclic amines) is 1. The second-order valence-electron chi connectivity index (χ2n) is 7.19. The third kappa shape index (κ3) is 3.56. The van der Waals surface area contributed by atoms with Gasteiger partial charge in [-0.2, -0.15) is 5.10 Å². The third-order valence-corrected chi connectivity index (χ3v) is 5.00. The summed E-state index contributed by atoms with van der Waals surface area (Å²) >= 11 is 6.64. The van der Waals surface area contributed by atoms with Gasteiger partial charge in [0.25, 0.3) is 5.91 Å². The lowest BCUT2D eigenvalue weighted by atomic mass is 10.1. The fraction of sp³-hybridized carbons (Fsp3) is 0.526. The smallest absolute Gasteiger partial charge is 0.272 e. The Hall–Kier alpha value is -1.88. The van der Waals surface area contributed by atoms with Crippen molar-refractivity contribution in [3.63, 3.8) is 0 Å². The van der Waals surface area contributed by atoms with Crippen molar-refractivity contribution < 1.29 is 4.79 Å². The molecule has 134 valence electrons. The molecule has 3 rings (SSSR count). The van der Waals surface area contributed by atoms with E-state index in [2.05, 4.69) is 23.9 Å². The zero-order valence-corrected chi connectivity index (χ0v) is 16.0. The highest BCUT2D eigenvalue weighted by Gasteiger charge is 2.35. The van der Waals surface area contributed by atoms with Crippen LogP contribution < -0.4 is 0 Å². The molecule has 1 atom stereocenters. The molecule has 1 amide bonds. The van der Waals surface area contributed by atoms with Gasteiger partial charge in [-0.15, -0.1) is 0 Å². The molecule has 1 fully saturated rings. The highest BCUT2D eigenvalue weighted by atomic mass is 35.5. The lowest BCUT2D eigenvalue weighted by molar-refractivity contribution is 0.0729. The van der Waals surface area contributed by atoms with E-state index < -0.39 is 0 Å². The lowest BCUT2D eigenvalue weighted by Crippen LogP contribution is -2.31. The molecule has 25 heavy (non-hydrogen) atoms. The molecule has 0 aromatic carbocycles. The summed E-state index contributed by atoms with van der Waals surface area (Å²) in [4.78, 5) is 19.3. The summed E-state index contributed by atoms with van der Waals surface area (Å²) in [5, 5.41) is 5.27. The molecule has 1 aliphatic heterocycles. The fourth-order valence-electron chi connectivity index (χ4n) is 3.53. The van der Waals surface area contributed by atoms with Crippen LogP contribution in [0.4, 0.5) is 0 Å². The Kier molecular flexibility index (Phi) is 5.13. The molecular formula is C19H25ClN4O. The van der Waals surface area contributed by atoms with Crippen LogP contribution in [0.1, 0.15) is 60.2 Å². The van der Waals surface area contributed by atoms with E-state index in [9.17, 15) is 4.79 Å². The number of aromatic nitrogens is 3. The predicted octanol–water partition coefficient (Wildman–Crippen LogP) is 4.18. The van der Waals surface area contributed by atoms with Crippen LogP contribution in [0.25, 0.3) is 0 Å². The Balaban J connectivity index is 1.92. The van der Waals surface area contributed by atoms with Crippen molar-refractivity contribution in [2.45, 2.75) is 53.1 Å². The number of aryl methyl sites for hydroxylation is 2. The van der Waals surface area contributed by atoms with Crippen LogP contribution >= 0.6 is 11.6 Å². The summed E-state index contributed by atoms with van der Waals surface area (Å²) in [5.74, 6) is 0.431. The van der Waals surface area contributed by atoms with Crippen molar-refractivity contribution in [3.05, 3.63) is 46.0 Å². The number of hydrogen-bond acceptors (Lipinski definition) is 3. The second kappa shape index (κ2) is 7.16. The molecule has 0 aliphatic carbocycles. The minimum absolute atomic E-state index is 0.0248. The molecule has 2 aromatic heterocycles. The molecule has 2 aromatic rings. The molecule has 1 saturated heterocycles. The number of nitrogens with zero attached hydrogens (tertiary/aromatic N) is 4. The van der Waals surface area contributed by atoms with Crippen LogP contribution in [-0.2, 0) is 6.54 Å². The fourth-order valence-corrected chi connectivity index (χ4v) is 3.90. The molecule has 0 N–H and O–H groups in total. The largest absolute Gasteiger partial charge is 0.330 e. The number of amides is 1. The van der Waals surface area contributed by atoms with E-state index in [1.807, 2.05) is 35.6 Å². The van der Waals surface area contributed by atoms with Gasteiger partial charge in [0.1, 0.15) is 10.8 Å². The zero-order valence-electron chi connectivity index (χ0n) is 15.3. The molecule has 6 heteroatoms. The standard InChI is InChI=1S/C19H25ClN4O/c1-12(2)11-24-18(20)17(14(4)22-24)16-9-6-10-23(16)19(25)15-8-5-7-13(3)21-15/h5,7-8,12,16H,6,9-11H2,1-4H3/t16-/m1/s1. The number of halogens is 1. The van der Waals surface area contributed by atoms with Gasteiger partial charge in [0.15, 0.2) is 0 Å². The van der Waals surface area contributed by atoms with Gasteiger partial charge < -0.3 is 4.90 Å². The monoisotopic (exact) mass is 360 g/mol. The highest BCUT2D eigenvalue weighted by Crippen LogP contribution is 2.38. The van der Waals surface area contributed by atoms with E-state index in [0.29, 0.717) is 16.8 Å². The first-order valence-corrected chi connectivity index (χ1v) is 9.23. The number of rotatable bonds is 4. The molecular weight excluding hydrogens is 336 g/mol. The topological polar surface area (TPSA) is 51.0 Å². The van der Waals surface area contributed by atoms with Crippen molar-refractivity contribution in [1.82, 2.24) is 19.7 Å². The minimum atomic E-state index is -0.0294. The Morgan fingerprint density at radius 2 is 2.12 bits per heavy atom. The Bertz CT molecular complexity index is 784. The molecule has 3 heterocycles. The maximum absolute atomic E-state index is 13.0. The average molecular weight is 361 g/mol. The molecule has 1 aliphatic rings. The van der Waals surface area contributed by atoms with E-state index in [1.165, 1.54) is 0 Å². The zero-order chi connectivity index (χ0) is 18.1. The number of pyridine rings is 1. The summed E-state index contributed by atoms with van der Waals surface area (Å²) in [6.07, 6.45) is 1.87. The van der Waals surface area contributed by atoms with Gasteiger partial charge in [-0.1, -0.05) is 31.5 Å². The van der Waals surface area contributed by atoms with E-state index in [1.54, 1.807) is 6.07 Å². The van der Waals surface area contributed by atoms with Crippen molar-refractivity contribution in [1.29, 1.82) is 0 Å². The van der Waals surface area contributed by atoms with Gasteiger partial charge >= 0.3 is 0 Å². The summed E-state index contributed by atoms with van der Waals surface area (Å²) in [7, 11) is 0. The summed E-state index contributed by atoms with van der Waals surface area (Å²) in [5.41, 5.74) is 3.24. The normalized spacial score (nSPS) is 17.5. The van der Waals surface area contributed by atoms with E-state index in [-0.39, 0.29) is 11.9 Å².